The molecule has 0 aliphatic rings. The zero-order valence-corrected chi connectivity index (χ0v) is 13.4. The van der Waals surface area contributed by atoms with Crippen molar-refractivity contribution < 1.29 is 27.0 Å². The summed E-state index contributed by atoms with van der Waals surface area (Å²) in [5, 5.41) is 0. The second-order valence-corrected chi connectivity index (χ2v) is 6.40. The predicted octanol–water partition coefficient (Wildman–Crippen LogP) is 1.18. The highest BCUT2D eigenvalue weighted by Gasteiger charge is 2.09. The average molecular weight is 335 g/mol. The zero-order chi connectivity index (χ0) is 16.3. The molecule has 0 unspecified atom stereocenters. The quantitative estimate of drug-likeness (QED) is 0.581. The summed E-state index contributed by atoms with van der Waals surface area (Å²) in [7, 11) is -1.79. The minimum Gasteiger partial charge on any atom is -0.494 e. The van der Waals surface area contributed by atoms with Crippen LogP contribution in [0.4, 0.5) is 4.39 Å². The summed E-state index contributed by atoms with van der Waals surface area (Å²) < 4.78 is 53.7. The average Bonchev–Trinajstić information content (AvgIpc) is 2.48. The Morgan fingerprint density at radius 1 is 1.09 bits per heavy atom. The maximum Gasteiger partial charge on any atom is 0.213 e. The van der Waals surface area contributed by atoms with Crippen molar-refractivity contribution in [3.63, 3.8) is 0 Å². The molecule has 1 aromatic rings. The van der Waals surface area contributed by atoms with Gasteiger partial charge in [-0.15, -0.1) is 0 Å². The highest BCUT2D eigenvalue weighted by atomic mass is 32.2. The van der Waals surface area contributed by atoms with Crippen molar-refractivity contribution in [2.24, 2.45) is 0 Å². The molecule has 22 heavy (non-hydrogen) atoms. The molecular weight excluding hydrogens is 313 g/mol. The summed E-state index contributed by atoms with van der Waals surface area (Å²) in [6.07, 6.45) is 0.515. The second-order valence-electron chi connectivity index (χ2n) is 4.47. The monoisotopic (exact) mass is 335 g/mol. The van der Waals surface area contributed by atoms with Crippen molar-refractivity contribution in [1.82, 2.24) is 4.72 Å². The first kappa shape index (κ1) is 18.8. The van der Waals surface area contributed by atoms with Gasteiger partial charge in [0.05, 0.1) is 32.2 Å². The normalized spacial score (nSPS) is 11.5. The minimum atomic E-state index is -3.34. The summed E-state index contributed by atoms with van der Waals surface area (Å²) in [5.74, 6) is 0.138. The molecule has 0 heterocycles. The van der Waals surface area contributed by atoms with E-state index in [1.807, 2.05) is 0 Å². The number of rotatable bonds is 12. The van der Waals surface area contributed by atoms with E-state index in [9.17, 15) is 12.8 Å². The Balaban J connectivity index is 2.08. The van der Waals surface area contributed by atoms with Gasteiger partial charge in [-0.05, 0) is 30.7 Å². The van der Waals surface area contributed by atoms with Gasteiger partial charge in [0.2, 0.25) is 10.0 Å². The smallest absolute Gasteiger partial charge is 0.213 e. The lowest BCUT2D eigenvalue weighted by Crippen LogP contribution is -2.30. The van der Waals surface area contributed by atoms with Crippen LogP contribution in [0.2, 0.25) is 0 Å². The first-order valence-corrected chi connectivity index (χ1v) is 8.61. The van der Waals surface area contributed by atoms with Crippen LogP contribution in [0.25, 0.3) is 0 Å². The Hall–Kier alpha value is -1.22. The predicted molar refractivity (Wildman–Crippen MR) is 81.0 cm³/mol. The first-order valence-electron chi connectivity index (χ1n) is 6.96. The Bertz CT molecular complexity index is 506. The van der Waals surface area contributed by atoms with E-state index in [1.165, 1.54) is 24.3 Å². The third kappa shape index (κ3) is 8.93. The number of benzene rings is 1. The van der Waals surface area contributed by atoms with Crippen LogP contribution in [0, 0.1) is 5.82 Å². The van der Waals surface area contributed by atoms with Gasteiger partial charge in [-0.2, -0.15) is 0 Å². The minimum absolute atomic E-state index is 0.0878. The number of nitrogens with one attached hydrogen (secondary N) is 1. The van der Waals surface area contributed by atoms with E-state index in [4.69, 9.17) is 14.2 Å². The topological polar surface area (TPSA) is 73.9 Å². The molecule has 6 nitrogen and oxygen atoms in total. The molecule has 0 aromatic heterocycles. The Kier molecular flexibility index (Phi) is 8.98. The first-order chi connectivity index (χ1) is 10.5. The molecule has 0 radical (unpaired) electrons. The lowest BCUT2D eigenvalue weighted by Gasteiger charge is -2.08. The molecule has 0 atom stereocenters. The molecule has 0 fully saturated rings. The number of hydrogen-bond acceptors (Lipinski definition) is 5. The molecule has 0 bridgehead atoms. The van der Waals surface area contributed by atoms with Crippen LogP contribution in [0.5, 0.6) is 5.75 Å². The number of hydrogen-bond donors (Lipinski definition) is 1. The van der Waals surface area contributed by atoms with Gasteiger partial charge in [-0.1, -0.05) is 0 Å². The van der Waals surface area contributed by atoms with Crippen LogP contribution in [-0.2, 0) is 19.5 Å². The van der Waals surface area contributed by atoms with Gasteiger partial charge >= 0.3 is 0 Å². The van der Waals surface area contributed by atoms with Gasteiger partial charge in [-0.25, -0.2) is 17.5 Å². The SMILES string of the molecule is COCCOCCS(=O)(=O)NCCCOc1ccc(F)cc1. The van der Waals surface area contributed by atoms with Crippen LogP contribution in [0.3, 0.4) is 0 Å². The summed E-state index contributed by atoms with van der Waals surface area (Å²) in [6.45, 7) is 1.57. The highest BCUT2D eigenvalue weighted by molar-refractivity contribution is 7.89. The summed E-state index contributed by atoms with van der Waals surface area (Å²) in [4.78, 5) is 0. The lowest BCUT2D eigenvalue weighted by molar-refractivity contribution is 0.0784. The fourth-order valence-electron chi connectivity index (χ4n) is 1.51. The molecular formula is C14H22FNO5S. The standard InChI is InChI=1S/C14H22FNO5S/c1-19-9-10-20-11-12-22(17,18)16-7-2-8-21-14-5-3-13(15)4-6-14/h3-6,16H,2,7-12H2,1H3. The molecule has 126 valence electrons. The van der Waals surface area contributed by atoms with E-state index in [0.717, 1.165) is 0 Å². The van der Waals surface area contributed by atoms with Gasteiger partial charge in [-0.3, -0.25) is 0 Å². The van der Waals surface area contributed by atoms with Crippen LogP contribution in [0.1, 0.15) is 6.42 Å². The Labute approximate surface area is 130 Å². The van der Waals surface area contributed by atoms with E-state index < -0.39 is 10.0 Å². The van der Waals surface area contributed by atoms with Crippen molar-refractivity contribution >= 4 is 10.0 Å². The maximum atomic E-state index is 12.7. The largest absolute Gasteiger partial charge is 0.494 e. The third-order valence-electron chi connectivity index (χ3n) is 2.65. The van der Waals surface area contributed by atoms with Crippen LogP contribution in [-0.4, -0.2) is 54.3 Å². The lowest BCUT2D eigenvalue weighted by atomic mass is 10.3. The highest BCUT2D eigenvalue weighted by Crippen LogP contribution is 2.10. The van der Waals surface area contributed by atoms with Gasteiger partial charge < -0.3 is 14.2 Å². The molecule has 0 aliphatic carbocycles. The molecule has 1 rings (SSSR count). The van der Waals surface area contributed by atoms with E-state index >= 15 is 0 Å². The van der Waals surface area contributed by atoms with Gasteiger partial charge in [0.25, 0.3) is 0 Å². The van der Waals surface area contributed by atoms with Crippen LogP contribution < -0.4 is 9.46 Å². The number of ether oxygens (including phenoxy) is 3. The fourth-order valence-corrected chi connectivity index (χ4v) is 2.44. The molecule has 8 heteroatoms. The van der Waals surface area contributed by atoms with Crippen molar-refractivity contribution in [3.05, 3.63) is 30.1 Å². The fraction of sp³-hybridized carbons (Fsp3) is 0.571. The molecule has 0 aliphatic heterocycles. The van der Waals surface area contributed by atoms with Gasteiger partial charge in [0.1, 0.15) is 11.6 Å². The Morgan fingerprint density at radius 2 is 1.82 bits per heavy atom. The van der Waals surface area contributed by atoms with Crippen molar-refractivity contribution in [1.29, 1.82) is 0 Å². The molecule has 1 aromatic carbocycles. The van der Waals surface area contributed by atoms with E-state index in [0.29, 0.717) is 32.0 Å². The van der Waals surface area contributed by atoms with Crippen molar-refractivity contribution in [2.45, 2.75) is 6.42 Å². The third-order valence-corrected chi connectivity index (χ3v) is 4.00. The molecule has 0 saturated heterocycles. The van der Waals surface area contributed by atoms with E-state index in [-0.39, 0.29) is 24.7 Å². The maximum absolute atomic E-state index is 12.7. The molecule has 0 amide bonds. The number of halogens is 1. The van der Waals surface area contributed by atoms with E-state index in [2.05, 4.69) is 4.72 Å². The zero-order valence-electron chi connectivity index (χ0n) is 12.6. The van der Waals surface area contributed by atoms with Crippen LogP contribution >= 0.6 is 0 Å². The van der Waals surface area contributed by atoms with Gasteiger partial charge in [0.15, 0.2) is 0 Å². The number of sulfonamides is 1. The van der Waals surface area contributed by atoms with Crippen molar-refractivity contribution in [3.8, 4) is 5.75 Å². The summed E-state index contributed by atoms with van der Waals surface area (Å²) in [6, 6.07) is 5.66. The van der Waals surface area contributed by atoms with Crippen molar-refractivity contribution in [2.75, 3.05) is 45.8 Å². The molecule has 0 saturated carbocycles. The second kappa shape index (κ2) is 10.5. The number of methoxy groups -OCH3 is 1. The van der Waals surface area contributed by atoms with Crippen LogP contribution in [0.15, 0.2) is 24.3 Å². The summed E-state index contributed by atoms with van der Waals surface area (Å²) in [5.41, 5.74) is 0. The summed E-state index contributed by atoms with van der Waals surface area (Å²) >= 11 is 0. The van der Waals surface area contributed by atoms with E-state index in [1.54, 1.807) is 7.11 Å². The van der Waals surface area contributed by atoms with Gasteiger partial charge in [0, 0.05) is 13.7 Å². The Morgan fingerprint density at radius 3 is 2.50 bits per heavy atom. The molecule has 0 spiro atoms. The molecule has 1 N–H and O–H groups in total.